The van der Waals surface area contributed by atoms with Gasteiger partial charge in [-0.25, -0.2) is 0 Å². The summed E-state index contributed by atoms with van der Waals surface area (Å²) < 4.78 is 5.72. The number of ether oxygens (including phenoxy) is 1. The normalized spacial score (nSPS) is 16.1. The third-order valence-corrected chi connectivity index (χ3v) is 2.71. The van der Waals surface area contributed by atoms with Crippen LogP contribution in [0.3, 0.4) is 0 Å². The highest BCUT2D eigenvalue weighted by molar-refractivity contribution is 5.35. The van der Waals surface area contributed by atoms with E-state index in [0.717, 1.165) is 12.3 Å². The van der Waals surface area contributed by atoms with E-state index in [4.69, 9.17) is 4.74 Å². The average molecular weight is 215 g/mol. The van der Waals surface area contributed by atoms with Crippen LogP contribution >= 0.6 is 0 Å². The summed E-state index contributed by atoms with van der Waals surface area (Å²) in [5.74, 6) is 1.01. The highest BCUT2D eigenvalue weighted by Gasteiger charge is 2.16. The maximum Gasteiger partial charge on any atom is 0.161 e. The summed E-state index contributed by atoms with van der Waals surface area (Å²) in [7, 11) is 0. The molecule has 1 heterocycles. The van der Waals surface area contributed by atoms with E-state index in [1.165, 1.54) is 11.3 Å². The van der Waals surface area contributed by atoms with Gasteiger partial charge in [0.15, 0.2) is 6.73 Å². The van der Waals surface area contributed by atoms with Gasteiger partial charge in [0.2, 0.25) is 0 Å². The van der Waals surface area contributed by atoms with E-state index in [9.17, 15) is 0 Å². The van der Waals surface area contributed by atoms with Crippen LogP contribution in [-0.2, 0) is 6.54 Å². The van der Waals surface area contributed by atoms with Gasteiger partial charge in [0.25, 0.3) is 0 Å². The number of benzene rings is 1. The highest BCUT2D eigenvalue weighted by atomic mass is 16.5. The number of para-hydroxylation sites is 1. The largest absolute Gasteiger partial charge is 0.473 e. The molecule has 16 heavy (non-hydrogen) atoms. The molecule has 0 saturated heterocycles. The number of hydrogen-bond donors (Lipinski definition) is 0. The second-order valence-electron chi connectivity index (χ2n) is 3.79. The molecule has 0 fully saturated rings. The topological polar surface area (TPSA) is 12.5 Å². The van der Waals surface area contributed by atoms with Gasteiger partial charge >= 0.3 is 0 Å². The van der Waals surface area contributed by atoms with E-state index in [1.54, 1.807) is 0 Å². The molecular weight excluding hydrogens is 198 g/mol. The molecule has 0 bridgehead atoms. The van der Waals surface area contributed by atoms with Crippen molar-refractivity contribution < 1.29 is 4.74 Å². The van der Waals surface area contributed by atoms with Gasteiger partial charge in [-0.15, -0.1) is 0 Å². The Morgan fingerprint density at radius 1 is 1.31 bits per heavy atom. The SMILES string of the molecule is C/C=C\C(=C/C)N1COc2ccccc2C1. The summed E-state index contributed by atoms with van der Waals surface area (Å²) in [4.78, 5) is 2.22. The van der Waals surface area contributed by atoms with Crippen LogP contribution in [0.1, 0.15) is 19.4 Å². The van der Waals surface area contributed by atoms with E-state index in [1.807, 2.05) is 19.1 Å². The minimum Gasteiger partial charge on any atom is -0.473 e. The lowest BCUT2D eigenvalue weighted by Gasteiger charge is -2.31. The van der Waals surface area contributed by atoms with Crippen molar-refractivity contribution in [2.45, 2.75) is 20.4 Å². The third kappa shape index (κ3) is 2.11. The first-order chi connectivity index (χ1) is 7.85. The van der Waals surface area contributed by atoms with Crippen LogP contribution in [0.4, 0.5) is 0 Å². The molecule has 2 rings (SSSR count). The molecule has 84 valence electrons. The molecule has 1 aromatic rings. The van der Waals surface area contributed by atoms with Crippen molar-refractivity contribution >= 4 is 0 Å². The maximum absolute atomic E-state index is 5.72. The number of fused-ring (bicyclic) bond motifs is 1. The summed E-state index contributed by atoms with van der Waals surface area (Å²) in [5.41, 5.74) is 2.45. The lowest BCUT2D eigenvalue weighted by molar-refractivity contribution is 0.132. The fourth-order valence-corrected chi connectivity index (χ4v) is 1.89. The van der Waals surface area contributed by atoms with Gasteiger partial charge in [-0.1, -0.05) is 30.4 Å². The van der Waals surface area contributed by atoms with Crippen molar-refractivity contribution in [2.75, 3.05) is 6.73 Å². The predicted octanol–water partition coefficient (Wildman–Crippen LogP) is 3.32. The lowest BCUT2D eigenvalue weighted by atomic mass is 10.1. The van der Waals surface area contributed by atoms with Crippen LogP contribution in [-0.4, -0.2) is 11.6 Å². The molecule has 1 aliphatic rings. The van der Waals surface area contributed by atoms with Crippen molar-refractivity contribution in [1.82, 2.24) is 4.90 Å². The van der Waals surface area contributed by atoms with Crippen LogP contribution in [0.25, 0.3) is 0 Å². The number of allylic oxidation sites excluding steroid dienone is 3. The molecule has 1 aromatic carbocycles. The first-order valence-corrected chi connectivity index (χ1v) is 5.60. The summed E-state index contributed by atoms with van der Waals surface area (Å²) in [6, 6.07) is 8.20. The molecule has 0 aliphatic carbocycles. The Morgan fingerprint density at radius 3 is 2.88 bits per heavy atom. The molecule has 0 radical (unpaired) electrons. The monoisotopic (exact) mass is 215 g/mol. The van der Waals surface area contributed by atoms with Crippen molar-refractivity contribution in [2.24, 2.45) is 0 Å². The molecule has 2 heteroatoms. The van der Waals surface area contributed by atoms with Gasteiger partial charge in [-0.05, 0) is 26.0 Å². The van der Waals surface area contributed by atoms with Crippen LogP contribution in [0, 0.1) is 0 Å². The number of rotatable bonds is 2. The maximum atomic E-state index is 5.72. The van der Waals surface area contributed by atoms with Gasteiger partial charge in [-0.2, -0.15) is 0 Å². The second-order valence-corrected chi connectivity index (χ2v) is 3.79. The molecular formula is C14H17NO. The van der Waals surface area contributed by atoms with E-state index in [0.29, 0.717) is 6.73 Å². The predicted molar refractivity (Wildman–Crippen MR) is 66.1 cm³/mol. The average Bonchev–Trinajstić information content (AvgIpc) is 2.35. The molecule has 0 amide bonds. The van der Waals surface area contributed by atoms with Crippen LogP contribution in [0.2, 0.25) is 0 Å². The molecule has 2 nitrogen and oxygen atoms in total. The number of nitrogens with zero attached hydrogens (tertiary/aromatic N) is 1. The lowest BCUT2D eigenvalue weighted by Crippen LogP contribution is -2.30. The van der Waals surface area contributed by atoms with Crippen molar-refractivity contribution in [3.05, 3.63) is 53.8 Å². The Bertz CT molecular complexity index is 420. The summed E-state index contributed by atoms with van der Waals surface area (Å²) >= 11 is 0. The standard InChI is InChI=1S/C14H17NO/c1-3-7-13(4-2)15-10-12-8-5-6-9-14(12)16-11-15/h3-9H,10-11H2,1-2H3/b7-3-,13-4+. The summed E-state index contributed by atoms with van der Waals surface area (Å²) in [5, 5.41) is 0. The minimum atomic E-state index is 0.626. The first-order valence-electron chi connectivity index (χ1n) is 5.60. The van der Waals surface area contributed by atoms with E-state index in [2.05, 4.69) is 42.2 Å². The van der Waals surface area contributed by atoms with Gasteiger partial charge in [-0.3, -0.25) is 0 Å². The van der Waals surface area contributed by atoms with Gasteiger partial charge in [0, 0.05) is 17.8 Å². The fraction of sp³-hybridized carbons (Fsp3) is 0.286. The Kier molecular flexibility index (Phi) is 3.30. The fourth-order valence-electron chi connectivity index (χ4n) is 1.89. The van der Waals surface area contributed by atoms with Gasteiger partial charge in [0.1, 0.15) is 5.75 Å². The third-order valence-electron chi connectivity index (χ3n) is 2.71. The quantitative estimate of drug-likeness (QED) is 0.702. The Balaban J connectivity index is 2.19. The second kappa shape index (κ2) is 4.88. The van der Waals surface area contributed by atoms with E-state index < -0.39 is 0 Å². The smallest absolute Gasteiger partial charge is 0.161 e. The Morgan fingerprint density at radius 2 is 2.12 bits per heavy atom. The van der Waals surface area contributed by atoms with Crippen LogP contribution in [0.15, 0.2) is 48.2 Å². The first kappa shape index (κ1) is 10.8. The summed E-state index contributed by atoms with van der Waals surface area (Å²) in [6.07, 6.45) is 6.27. The zero-order valence-corrected chi connectivity index (χ0v) is 9.81. The van der Waals surface area contributed by atoms with Crippen molar-refractivity contribution in [1.29, 1.82) is 0 Å². The van der Waals surface area contributed by atoms with Gasteiger partial charge in [0.05, 0.1) is 0 Å². The minimum absolute atomic E-state index is 0.626. The van der Waals surface area contributed by atoms with Crippen LogP contribution < -0.4 is 4.74 Å². The van der Waals surface area contributed by atoms with E-state index in [-0.39, 0.29) is 0 Å². The van der Waals surface area contributed by atoms with Crippen LogP contribution in [0.5, 0.6) is 5.75 Å². The molecule has 0 N–H and O–H groups in total. The number of hydrogen-bond acceptors (Lipinski definition) is 2. The summed E-state index contributed by atoms with van der Waals surface area (Å²) in [6.45, 7) is 5.62. The highest BCUT2D eigenvalue weighted by Crippen LogP contribution is 2.26. The van der Waals surface area contributed by atoms with E-state index >= 15 is 0 Å². The zero-order valence-electron chi connectivity index (χ0n) is 9.81. The van der Waals surface area contributed by atoms with Crippen molar-refractivity contribution in [3.63, 3.8) is 0 Å². The Hall–Kier alpha value is -1.70. The Labute approximate surface area is 96.8 Å². The van der Waals surface area contributed by atoms with Gasteiger partial charge < -0.3 is 9.64 Å². The molecule has 0 aromatic heterocycles. The molecule has 1 aliphatic heterocycles. The molecule has 0 spiro atoms. The molecule has 0 atom stereocenters. The molecule has 0 unspecified atom stereocenters. The zero-order chi connectivity index (χ0) is 11.4. The molecule has 0 saturated carbocycles. The van der Waals surface area contributed by atoms with Crippen molar-refractivity contribution in [3.8, 4) is 5.75 Å².